The maximum atomic E-state index is 5.15. The number of ether oxygens (including phenoxy) is 1. The summed E-state index contributed by atoms with van der Waals surface area (Å²) in [5.74, 6) is 0.879. The van der Waals surface area contributed by atoms with Crippen LogP contribution in [-0.2, 0) is 0 Å². The summed E-state index contributed by atoms with van der Waals surface area (Å²) in [5.41, 5.74) is 2.32. The Morgan fingerprint density at radius 1 is 1.24 bits per heavy atom. The Balaban J connectivity index is 1.84. The number of hydrogen-bond acceptors (Lipinski definition) is 3. The van der Waals surface area contributed by atoms with Gasteiger partial charge < -0.3 is 10.1 Å². The largest absolute Gasteiger partial charge is 0.497 e. The standard InChI is InChI=1S/C13H15N3O/c1-17-13-4-2-10(3-5-13)11-6-15-16(9-11)12-7-14-8-12/h2-6,9,12,14H,7-8H2,1H3. The molecular weight excluding hydrogens is 214 g/mol. The SMILES string of the molecule is COc1ccc(-c2cnn(C3CNC3)c2)cc1. The van der Waals surface area contributed by atoms with Crippen molar-refractivity contribution in [1.29, 1.82) is 0 Å². The van der Waals surface area contributed by atoms with E-state index in [9.17, 15) is 0 Å². The first-order valence-electron chi connectivity index (χ1n) is 5.76. The molecule has 1 saturated heterocycles. The molecule has 4 heteroatoms. The van der Waals surface area contributed by atoms with Gasteiger partial charge in [-0.2, -0.15) is 5.10 Å². The predicted octanol–water partition coefficient (Wildman–Crippen LogP) is 1.70. The Kier molecular flexibility index (Phi) is 2.57. The molecule has 88 valence electrons. The van der Waals surface area contributed by atoms with E-state index in [2.05, 4.69) is 28.7 Å². The van der Waals surface area contributed by atoms with Crippen LogP contribution in [0.5, 0.6) is 5.75 Å². The molecule has 0 bridgehead atoms. The Morgan fingerprint density at radius 2 is 2.00 bits per heavy atom. The lowest BCUT2D eigenvalue weighted by atomic mass is 10.1. The van der Waals surface area contributed by atoms with Crippen molar-refractivity contribution in [2.24, 2.45) is 0 Å². The summed E-state index contributed by atoms with van der Waals surface area (Å²) in [4.78, 5) is 0. The Hall–Kier alpha value is -1.81. The molecular formula is C13H15N3O. The van der Waals surface area contributed by atoms with Crippen molar-refractivity contribution < 1.29 is 4.74 Å². The monoisotopic (exact) mass is 229 g/mol. The minimum atomic E-state index is 0.516. The van der Waals surface area contributed by atoms with Crippen LogP contribution in [0.25, 0.3) is 11.1 Å². The molecule has 2 aromatic rings. The first kappa shape index (κ1) is 10.4. The van der Waals surface area contributed by atoms with E-state index < -0.39 is 0 Å². The first-order valence-corrected chi connectivity index (χ1v) is 5.76. The van der Waals surface area contributed by atoms with Crippen molar-refractivity contribution in [3.05, 3.63) is 36.7 Å². The van der Waals surface area contributed by atoms with Crippen LogP contribution >= 0.6 is 0 Å². The second-order valence-corrected chi connectivity index (χ2v) is 4.25. The second kappa shape index (κ2) is 4.22. The fraction of sp³-hybridized carbons (Fsp3) is 0.308. The summed E-state index contributed by atoms with van der Waals surface area (Å²) in [5, 5.41) is 7.65. The number of hydrogen-bond donors (Lipinski definition) is 1. The molecule has 1 aliphatic heterocycles. The lowest BCUT2D eigenvalue weighted by Crippen LogP contribution is -2.43. The highest BCUT2D eigenvalue weighted by Crippen LogP contribution is 2.23. The third-order valence-electron chi connectivity index (χ3n) is 3.16. The molecule has 1 aliphatic rings. The quantitative estimate of drug-likeness (QED) is 0.870. The van der Waals surface area contributed by atoms with E-state index >= 15 is 0 Å². The van der Waals surface area contributed by atoms with Gasteiger partial charge in [-0.1, -0.05) is 12.1 Å². The summed E-state index contributed by atoms with van der Waals surface area (Å²) in [6, 6.07) is 8.56. The minimum Gasteiger partial charge on any atom is -0.497 e. The van der Waals surface area contributed by atoms with Gasteiger partial charge in [-0.3, -0.25) is 4.68 Å². The van der Waals surface area contributed by atoms with Gasteiger partial charge in [0, 0.05) is 24.8 Å². The average Bonchev–Trinajstić information content (AvgIpc) is 2.76. The van der Waals surface area contributed by atoms with E-state index in [1.54, 1.807) is 7.11 Å². The number of aromatic nitrogens is 2. The maximum Gasteiger partial charge on any atom is 0.118 e. The van der Waals surface area contributed by atoms with Gasteiger partial charge in [-0.15, -0.1) is 0 Å². The van der Waals surface area contributed by atoms with Crippen molar-refractivity contribution in [3.8, 4) is 16.9 Å². The van der Waals surface area contributed by atoms with Crippen LogP contribution in [0.3, 0.4) is 0 Å². The van der Waals surface area contributed by atoms with Crippen molar-refractivity contribution in [3.63, 3.8) is 0 Å². The zero-order chi connectivity index (χ0) is 11.7. The zero-order valence-corrected chi connectivity index (χ0v) is 9.76. The van der Waals surface area contributed by atoms with Crippen LogP contribution < -0.4 is 10.1 Å². The van der Waals surface area contributed by atoms with Gasteiger partial charge in [0.1, 0.15) is 5.75 Å². The second-order valence-electron chi connectivity index (χ2n) is 4.25. The predicted molar refractivity (Wildman–Crippen MR) is 66.1 cm³/mol. The molecule has 17 heavy (non-hydrogen) atoms. The molecule has 0 unspecified atom stereocenters. The number of rotatable bonds is 3. The molecule has 1 fully saturated rings. The first-order chi connectivity index (χ1) is 8.36. The average molecular weight is 229 g/mol. The third kappa shape index (κ3) is 1.91. The van der Waals surface area contributed by atoms with Gasteiger partial charge in [0.05, 0.1) is 19.3 Å². The summed E-state index contributed by atoms with van der Waals surface area (Å²) in [7, 11) is 1.68. The molecule has 4 nitrogen and oxygen atoms in total. The van der Waals surface area contributed by atoms with Crippen LogP contribution in [0.15, 0.2) is 36.7 Å². The van der Waals surface area contributed by atoms with Gasteiger partial charge in [0.15, 0.2) is 0 Å². The van der Waals surface area contributed by atoms with Gasteiger partial charge in [0.2, 0.25) is 0 Å². The van der Waals surface area contributed by atoms with E-state index in [-0.39, 0.29) is 0 Å². The maximum absolute atomic E-state index is 5.15. The Morgan fingerprint density at radius 3 is 2.59 bits per heavy atom. The van der Waals surface area contributed by atoms with Crippen LogP contribution in [0.4, 0.5) is 0 Å². The Bertz CT molecular complexity index is 500. The molecule has 0 spiro atoms. The molecule has 1 N–H and O–H groups in total. The number of nitrogens with zero attached hydrogens (tertiary/aromatic N) is 2. The molecule has 0 radical (unpaired) electrons. The molecule has 2 heterocycles. The highest BCUT2D eigenvalue weighted by atomic mass is 16.5. The Labute approximate surface area is 100 Å². The molecule has 3 rings (SSSR count). The van der Waals surface area contributed by atoms with E-state index in [0.717, 1.165) is 24.4 Å². The lowest BCUT2D eigenvalue weighted by molar-refractivity contribution is 0.318. The fourth-order valence-electron chi connectivity index (χ4n) is 1.93. The topological polar surface area (TPSA) is 39.1 Å². The van der Waals surface area contributed by atoms with E-state index in [0.29, 0.717) is 6.04 Å². The van der Waals surface area contributed by atoms with Crippen LogP contribution in [0.2, 0.25) is 0 Å². The van der Waals surface area contributed by atoms with E-state index in [1.807, 2.05) is 23.0 Å². The van der Waals surface area contributed by atoms with E-state index in [1.165, 1.54) is 5.56 Å². The summed E-state index contributed by atoms with van der Waals surface area (Å²) in [6.07, 6.45) is 4.02. The van der Waals surface area contributed by atoms with Crippen molar-refractivity contribution in [1.82, 2.24) is 15.1 Å². The summed E-state index contributed by atoms with van der Waals surface area (Å²) >= 11 is 0. The molecule has 1 aromatic heterocycles. The van der Waals surface area contributed by atoms with Gasteiger partial charge in [0.25, 0.3) is 0 Å². The van der Waals surface area contributed by atoms with Crippen LogP contribution in [-0.4, -0.2) is 30.0 Å². The van der Waals surface area contributed by atoms with Gasteiger partial charge >= 0.3 is 0 Å². The van der Waals surface area contributed by atoms with Gasteiger partial charge in [-0.05, 0) is 17.7 Å². The highest BCUT2D eigenvalue weighted by Gasteiger charge is 2.19. The smallest absolute Gasteiger partial charge is 0.118 e. The highest BCUT2D eigenvalue weighted by molar-refractivity contribution is 5.62. The van der Waals surface area contributed by atoms with Crippen molar-refractivity contribution in [2.75, 3.05) is 20.2 Å². The molecule has 0 aliphatic carbocycles. The van der Waals surface area contributed by atoms with Crippen LogP contribution in [0.1, 0.15) is 6.04 Å². The molecule has 0 atom stereocenters. The minimum absolute atomic E-state index is 0.516. The molecule has 1 aromatic carbocycles. The molecule has 0 saturated carbocycles. The zero-order valence-electron chi connectivity index (χ0n) is 9.76. The fourth-order valence-corrected chi connectivity index (χ4v) is 1.93. The van der Waals surface area contributed by atoms with Gasteiger partial charge in [-0.25, -0.2) is 0 Å². The molecule has 0 amide bonds. The van der Waals surface area contributed by atoms with E-state index in [4.69, 9.17) is 4.74 Å². The number of benzene rings is 1. The van der Waals surface area contributed by atoms with Crippen molar-refractivity contribution in [2.45, 2.75) is 6.04 Å². The van der Waals surface area contributed by atoms with Crippen LogP contribution in [0, 0.1) is 0 Å². The number of methoxy groups -OCH3 is 1. The number of nitrogens with one attached hydrogen (secondary N) is 1. The van der Waals surface area contributed by atoms with Crippen molar-refractivity contribution >= 4 is 0 Å². The lowest BCUT2D eigenvalue weighted by Gasteiger charge is -2.27. The third-order valence-corrected chi connectivity index (χ3v) is 3.16. The normalized spacial score (nSPS) is 15.6. The summed E-state index contributed by atoms with van der Waals surface area (Å²) in [6.45, 7) is 2.04. The summed E-state index contributed by atoms with van der Waals surface area (Å²) < 4.78 is 7.18.